The molecule has 0 aliphatic carbocycles. The Morgan fingerprint density at radius 3 is 2.46 bits per heavy atom. The van der Waals surface area contributed by atoms with E-state index < -0.39 is 11.9 Å². The minimum Gasteiger partial charge on any atom is -0.481 e. The van der Waals surface area contributed by atoms with Crippen molar-refractivity contribution >= 4 is 22.7 Å². The molecule has 0 fully saturated rings. The summed E-state index contributed by atoms with van der Waals surface area (Å²) in [7, 11) is 0. The van der Waals surface area contributed by atoms with Gasteiger partial charge in [0.1, 0.15) is 0 Å². The lowest BCUT2D eigenvalue weighted by Crippen LogP contribution is -2.16. The van der Waals surface area contributed by atoms with Gasteiger partial charge in [-0.25, -0.2) is 0 Å². The van der Waals surface area contributed by atoms with Crippen LogP contribution in [0, 0.1) is 11.3 Å². The number of nitrogens with zero attached hydrogens (tertiary/aromatic N) is 2. The zero-order chi connectivity index (χ0) is 18.5. The standard InChI is InChI=1S/C21H18N2O3/c22-11-6-12-23-14-18(16-9-4-5-10-19(16)23)17(21(25)26)13-20(24)15-7-2-1-3-8-15/h1-5,7-10,14,17H,6,12-13H2,(H,25,26)/t17-/m0/s1. The van der Waals surface area contributed by atoms with E-state index in [4.69, 9.17) is 5.26 Å². The number of hydrogen-bond donors (Lipinski definition) is 1. The van der Waals surface area contributed by atoms with Gasteiger partial charge >= 0.3 is 5.97 Å². The van der Waals surface area contributed by atoms with Gasteiger partial charge in [0, 0.05) is 35.6 Å². The Bertz CT molecular complexity index is 983. The van der Waals surface area contributed by atoms with Crippen molar-refractivity contribution in [2.75, 3.05) is 0 Å². The molecule has 0 aliphatic rings. The van der Waals surface area contributed by atoms with Crippen molar-refractivity contribution in [2.45, 2.75) is 25.3 Å². The molecule has 0 spiro atoms. The Balaban J connectivity index is 1.99. The Labute approximate surface area is 151 Å². The zero-order valence-electron chi connectivity index (χ0n) is 14.1. The molecule has 26 heavy (non-hydrogen) atoms. The molecule has 5 heteroatoms. The van der Waals surface area contributed by atoms with E-state index in [0.29, 0.717) is 24.1 Å². The average molecular weight is 346 g/mol. The monoisotopic (exact) mass is 346 g/mol. The lowest BCUT2D eigenvalue weighted by molar-refractivity contribution is -0.138. The third kappa shape index (κ3) is 3.50. The highest BCUT2D eigenvalue weighted by Gasteiger charge is 2.27. The first-order valence-electron chi connectivity index (χ1n) is 8.37. The zero-order valence-corrected chi connectivity index (χ0v) is 14.1. The number of carbonyl (C=O) groups excluding carboxylic acids is 1. The third-order valence-corrected chi connectivity index (χ3v) is 4.44. The topological polar surface area (TPSA) is 83.1 Å². The number of nitriles is 1. The number of carbonyl (C=O) groups is 2. The van der Waals surface area contributed by atoms with E-state index in [1.807, 2.05) is 34.9 Å². The number of carboxylic acids is 1. The molecule has 3 rings (SSSR count). The van der Waals surface area contributed by atoms with Crippen LogP contribution in [-0.4, -0.2) is 21.4 Å². The number of aryl methyl sites for hydroxylation is 1. The fourth-order valence-corrected chi connectivity index (χ4v) is 3.17. The molecule has 0 saturated carbocycles. The average Bonchev–Trinajstić information content (AvgIpc) is 3.03. The molecular formula is C21H18N2O3. The van der Waals surface area contributed by atoms with Crippen LogP contribution in [0.15, 0.2) is 60.8 Å². The normalized spacial score (nSPS) is 11.8. The molecule has 0 unspecified atom stereocenters. The predicted molar refractivity (Wildman–Crippen MR) is 97.9 cm³/mol. The molecule has 1 heterocycles. The number of aromatic nitrogens is 1. The summed E-state index contributed by atoms with van der Waals surface area (Å²) in [5.74, 6) is -2.17. The predicted octanol–water partition coefficient (Wildman–Crippen LogP) is 4.00. The molecule has 3 aromatic rings. The van der Waals surface area contributed by atoms with Gasteiger partial charge in [0.2, 0.25) is 0 Å². The maximum absolute atomic E-state index is 12.5. The van der Waals surface area contributed by atoms with Gasteiger partial charge < -0.3 is 9.67 Å². The van der Waals surface area contributed by atoms with E-state index in [1.54, 1.807) is 30.5 Å². The smallest absolute Gasteiger partial charge is 0.311 e. The van der Waals surface area contributed by atoms with Crippen LogP contribution in [0.5, 0.6) is 0 Å². The van der Waals surface area contributed by atoms with E-state index in [9.17, 15) is 14.7 Å². The number of rotatable bonds is 7. The van der Waals surface area contributed by atoms with E-state index in [2.05, 4.69) is 6.07 Å². The van der Waals surface area contributed by atoms with Gasteiger partial charge in [-0.3, -0.25) is 9.59 Å². The van der Waals surface area contributed by atoms with Crippen molar-refractivity contribution in [3.8, 4) is 6.07 Å². The van der Waals surface area contributed by atoms with Gasteiger partial charge in [0.25, 0.3) is 0 Å². The van der Waals surface area contributed by atoms with E-state index in [1.165, 1.54) is 0 Å². The Kier molecular flexibility index (Phi) is 5.14. The lowest BCUT2D eigenvalue weighted by Gasteiger charge is -2.11. The van der Waals surface area contributed by atoms with Crippen LogP contribution in [0.4, 0.5) is 0 Å². The van der Waals surface area contributed by atoms with Crippen molar-refractivity contribution in [3.05, 3.63) is 71.9 Å². The second-order valence-corrected chi connectivity index (χ2v) is 6.09. The Hall–Kier alpha value is -3.39. The Morgan fingerprint density at radius 2 is 1.77 bits per heavy atom. The van der Waals surface area contributed by atoms with Crippen molar-refractivity contribution in [1.29, 1.82) is 5.26 Å². The maximum Gasteiger partial charge on any atom is 0.311 e. The van der Waals surface area contributed by atoms with Gasteiger partial charge in [-0.2, -0.15) is 5.26 Å². The first kappa shape index (κ1) is 17.4. The number of carboxylic acid groups (broad SMARTS) is 1. The molecule has 0 bridgehead atoms. The van der Waals surface area contributed by atoms with E-state index >= 15 is 0 Å². The summed E-state index contributed by atoms with van der Waals surface area (Å²) in [4.78, 5) is 24.5. The summed E-state index contributed by atoms with van der Waals surface area (Å²) in [5.41, 5.74) is 1.98. The summed E-state index contributed by atoms with van der Waals surface area (Å²) in [6.45, 7) is 0.482. The molecular weight excluding hydrogens is 328 g/mol. The van der Waals surface area contributed by atoms with Crippen molar-refractivity contribution in [2.24, 2.45) is 0 Å². The number of aliphatic carboxylic acids is 1. The molecule has 0 aliphatic heterocycles. The highest BCUT2D eigenvalue weighted by Crippen LogP contribution is 2.31. The molecule has 0 amide bonds. The fraction of sp³-hybridized carbons (Fsp3) is 0.190. The first-order valence-corrected chi connectivity index (χ1v) is 8.37. The second kappa shape index (κ2) is 7.66. The largest absolute Gasteiger partial charge is 0.481 e. The van der Waals surface area contributed by atoms with Crippen LogP contribution < -0.4 is 0 Å². The molecule has 1 N–H and O–H groups in total. The molecule has 2 aromatic carbocycles. The summed E-state index contributed by atoms with van der Waals surface area (Å²) < 4.78 is 1.89. The number of hydrogen-bond acceptors (Lipinski definition) is 3. The second-order valence-electron chi connectivity index (χ2n) is 6.09. The van der Waals surface area contributed by atoms with Crippen LogP contribution in [0.3, 0.4) is 0 Å². The molecule has 0 saturated heterocycles. The Morgan fingerprint density at radius 1 is 1.08 bits per heavy atom. The summed E-state index contributed by atoms with van der Waals surface area (Å²) in [5, 5.41) is 19.4. The molecule has 1 atom stereocenters. The minimum absolute atomic E-state index is 0.106. The van der Waals surface area contributed by atoms with Crippen LogP contribution in [0.1, 0.15) is 34.7 Å². The van der Waals surface area contributed by atoms with Gasteiger partial charge in [0.15, 0.2) is 5.78 Å². The molecule has 1 aromatic heterocycles. The molecule has 5 nitrogen and oxygen atoms in total. The van der Waals surface area contributed by atoms with Crippen molar-refractivity contribution < 1.29 is 14.7 Å². The first-order chi connectivity index (χ1) is 12.6. The number of Topliss-reactive ketones (excluding diaryl/α,β-unsaturated/α-hetero) is 1. The SMILES string of the molecule is N#CCCn1cc([C@H](CC(=O)c2ccccc2)C(=O)O)c2ccccc21. The third-order valence-electron chi connectivity index (χ3n) is 4.44. The summed E-state index contributed by atoms with van der Waals surface area (Å²) >= 11 is 0. The fourth-order valence-electron chi connectivity index (χ4n) is 3.17. The summed E-state index contributed by atoms with van der Waals surface area (Å²) in [6, 6.07) is 18.3. The number of para-hydroxylation sites is 1. The van der Waals surface area contributed by atoms with Crippen LogP contribution in [-0.2, 0) is 11.3 Å². The van der Waals surface area contributed by atoms with Crippen LogP contribution >= 0.6 is 0 Å². The van der Waals surface area contributed by atoms with Gasteiger partial charge in [-0.05, 0) is 11.6 Å². The van der Waals surface area contributed by atoms with Crippen LogP contribution in [0.2, 0.25) is 0 Å². The lowest BCUT2D eigenvalue weighted by atomic mass is 9.91. The summed E-state index contributed by atoms with van der Waals surface area (Å²) in [6.07, 6.45) is 1.99. The maximum atomic E-state index is 12.5. The van der Waals surface area contributed by atoms with Crippen LogP contribution in [0.25, 0.3) is 10.9 Å². The van der Waals surface area contributed by atoms with Crippen molar-refractivity contribution in [3.63, 3.8) is 0 Å². The number of benzene rings is 2. The highest BCUT2D eigenvalue weighted by atomic mass is 16.4. The molecule has 130 valence electrons. The minimum atomic E-state index is -1.03. The van der Waals surface area contributed by atoms with E-state index in [-0.39, 0.29) is 12.2 Å². The van der Waals surface area contributed by atoms with Gasteiger partial charge in [-0.15, -0.1) is 0 Å². The quantitative estimate of drug-likeness (QED) is 0.656. The highest BCUT2D eigenvalue weighted by molar-refractivity contribution is 6.00. The number of ketones is 1. The van der Waals surface area contributed by atoms with E-state index in [0.717, 1.165) is 10.9 Å². The number of fused-ring (bicyclic) bond motifs is 1. The van der Waals surface area contributed by atoms with Crippen molar-refractivity contribution in [1.82, 2.24) is 4.57 Å². The van der Waals surface area contributed by atoms with Gasteiger partial charge in [-0.1, -0.05) is 48.5 Å². The van der Waals surface area contributed by atoms with Gasteiger partial charge in [0.05, 0.1) is 18.4 Å². The molecule has 0 radical (unpaired) electrons.